The third kappa shape index (κ3) is 4.35. The normalized spacial score (nSPS) is 24.4. The van der Waals surface area contributed by atoms with Gasteiger partial charge >= 0.3 is 6.03 Å². The van der Waals surface area contributed by atoms with Crippen LogP contribution in [0, 0.1) is 5.92 Å². The SMILES string of the molecule is O=C1NC(c2ccc(Cl)cc2)(C2CC2)C(=O)N1CN1CCN(Cc2c(Cl)cccc2Cl)CC1. The van der Waals surface area contributed by atoms with Gasteiger partial charge in [0.15, 0.2) is 0 Å². The lowest BCUT2D eigenvalue weighted by Gasteiger charge is -2.36. The first-order valence-corrected chi connectivity index (χ1v) is 12.3. The molecule has 1 N–H and O–H groups in total. The molecule has 33 heavy (non-hydrogen) atoms. The molecule has 2 aromatic rings. The van der Waals surface area contributed by atoms with Crippen molar-refractivity contribution in [1.29, 1.82) is 0 Å². The second-order valence-corrected chi connectivity index (χ2v) is 10.2. The Balaban J connectivity index is 1.24. The lowest BCUT2D eigenvalue weighted by atomic mass is 9.85. The summed E-state index contributed by atoms with van der Waals surface area (Å²) in [6.07, 6.45) is 1.84. The molecular formula is C24H25Cl3N4O2. The highest BCUT2D eigenvalue weighted by Gasteiger charge is 2.60. The molecule has 0 bridgehead atoms. The number of carbonyl (C=O) groups is 2. The number of rotatable bonds is 6. The zero-order valence-electron chi connectivity index (χ0n) is 18.1. The Morgan fingerprint density at radius 1 is 0.879 bits per heavy atom. The van der Waals surface area contributed by atoms with Gasteiger partial charge in [0.1, 0.15) is 5.54 Å². The lowest BCUT2D eigenvalue weighted by Crippen LogP contribution is -2.51. The molecule has 1 atom stereocenters. The van der Waals surface area contributed by atoms with E-state index in [1.165, 1.54) is 4.90 Å². The molecule has 2 aliphatic heterocycles. The van der Waals surface area contributed by atoms with Gasteiger partial charge in [-0.3, -0.25) is 14.6 Å². The summed E-state index contributed by atoms with van der Waals surface area (Å²) in [6, 6.07) is 12.5. The van der Waals surface area contributed by atoms with Crippen LogP contribution in [0.3, 0.4) is 0 Å². The van der Waals surface area contributed by atoms with E-state index in [0.717, 1.165) is 50.1 Å². The van der Waals surface area contributed by atoms with Gasteiger partial charge < -0.3 is 5.32 Å². The topological polar surface area (TPSA) is 55.9 Å². The van der Waals surface area contributed by atoms with E-state index in [1.54, 1.807) is 12.1 Å². The van der Waals surface area contributed by atoms with Crippen molar-refractivity contribution in [3.63, 3.8) is 0 Å². The van der Waals surface area contributed by atoms with Gasteiger partial charge in [0.2, 0.25) is 0 Å². The van der Waals surface area contributed by atoms with Gasteiger partial charge in [-0.05, 0) is 48.6 Å². The molecule has 6 nitrogen and oxygen atoms in total. The quantitative estimate of drug-likeness (QED) is 0.582. The highest BCUT2D eigenvalue weighted by atomic mass is 35.5. The summed E-state index contributed by atoms with van der Waals surface area (Å²) in [4.78, 5) is 32.3. The first kappa shape index (κ1) is 22.9. The minimum atomic E-state index is -0.982. The third-order valence-electron chi connectivity index (χ3n) is 6.87. The van der Waals surface area contributed by atoms with Crippen molar-refractivity contribution in [2.24, 2.45) is 5.92 Å². The third-order valence-corrected chi connectivity index (χ3v) is 7.83. The van der Waals surface area contributed by atoms with Crippen molar-refractivity contribution >= 4 is 46.7 Å². The van der Waals surface area contributed by atoms with E-state index >= 15 is 0 Å². The molecule has 0 spiro atoms. The maximum Gasteiger partial charge on any atom is 0.326 e. The van der Waals surface area contributed by atoms with Crippen molar-refractivity contribution < 1.29 is 9.59 Å². The Morgan fingerprint density at radius 2 is 1.48 bits per heavy atom. The largest absolute Gasteiger partial charge is 0.326 e. The smallest absolute Gasteiger partial charge is 0.319 e. The van der Waals surface area contributed by atoms with Gasteiger partial charge in [0.25, 0.3) is 5.91 Å². The number of carbonyl (C=O) groups excluding carboxylic acids is 2. The minimum absolute atomic E-state index is 0.123. The first-order valence-electron chi connectivity index (χ1n) is 11.2. The molecule has 3 aliphatic rings. The van der Waals surface area contributed by atoms with Gasteiger partial charge in [0, 0.05) is 53.4 Å². The van der Waals surface area contributed by atoms with Crippen molar-refractivity contribution in [3.05, 3.63) is 68.7 Å². The van der Waals surface area contributed by atoms with Crippen LogP contribution in [0.15, 0.2) is 42.5 Å². The highest BCUT2D eigenvalue weighted by Crippen LogP contribution is 2.49. The van der Waals surface area contributed by atoms with Crippen LogP contribution < -0.4 is 5.32 Å². The van der Waals surface area contributed by atoms with Crippen LogP contribution in [0.5, 0.6) is 0 Å². The van der Waals surface area contributed by atoms with Crippen molar-refractivity contribution in [2.75, 3.05) is 32.8 Å². The standard InChI is InChI=1S/C24H25Cl3N4O2/c25-18-8-6-17(7-9-18)24(16-4-5-16)22(32)31(23(33)28-24)15-30-12-10-29(11-13-30)14-19-20(26)2-1-3-21(19)27/h1-3,6-9,16H,4-5,10-15H2,(H,28,33). The van der Waals surface area contributed by atoms with Crippen LogP contribution in [0.2, 0.25) is 15.1 Å². The number of nitrogens with one attached hydrogen (secondary N) is 1. The Morgan fingerprint density at radius 3 is 2.09 bits per heavy atom. The number of amides is 3. The molecule has 1 unspecified atom stereocenters. The van der Waals surface area contributed by atoms with E-state index in [1.807, 2.05) is 30.3 Å². The first-order chi connectivity index (χ1) is 15.9. The van der Waals surface area contributed by atoms with Gasteiger partial charge in [-0.15, -0.1) is 0 Å². The number of halogens is 3. The number of nitrogens with zero attached hydrogens (tertiary/aromatic N) is 3. The van der Waals surface area contributed by atoms with Crippen LogP contribution in [0.1, 0.15) is 24.0 Å². The number of urea groups is 1. The zero-order chi connectivity index (χ0) is 23.2. The van der Waals surface area contributed by atoms with Crippen molar-refractivity contribution in [1.82, 2.24) is 20.0 Å². The van der Waals surface area contributed by atoms with Crippen molar-refractivity contribution in [2.45, 2.75) is 24.9 Å². The summed E-state index contributed by atoms with van der Waals surface area (Å²) >= 11 is 18.7. The van der Waals surface area contributed by atoms with Crippen LogP contribution in [0.25, 0.3) is 0 Å². The Kier molecular flexibility index (Phi) is 6.31. The molecule has 1 saturated carbocycles. The minimum Gasteiger partial charge on any atom is -0.319 e. The molecule has 5 rings (SSSR count). The summed E-state index contributed by atoms with van der Waals surface area (Å²) in [7, 11) is 0. The maximum atomic E-state index is 13.6. The van der Waals surface area contributed by atoms with Crippen LogP contribution in [-0.4, -0.2) is 59.5 Å². The number of piperazine rings is 1. The van der Waals surface area contributed by atoms with Crippen LogP contribution in [0.4, 0.5) is 4.79 Å². The molecular weight excluding hydrogens is 483 g/mol. The second kappa shape index (κ2) is 9.08. The fourth-order valence-corrected chi connectivity index (χ4v) is 5.50. The van der Waals surface area contributed by atoms with Gasteiger partial charge in [-0.1, -0.05) is 53.0 Å². The molecule has 2 saturated heterocycles. The molecule has 1 aliphatic carbocycles. The molecule has 174 valence electrons. The molecule has 9 heteroatoms. The average molecular weight is 508 g/mol. The fourth-order valence-electron chi connectivity index (χ4n) is 4.86. The average Bonchev–Trinajstić information content (AvgIpc) is 3.62. The van der Waals surface area contributed by atoms with E-state index in [4.69, 9.17) is 34.8 Å². The number of hydrogen-bond acceptors (Lipinski definition) is 4. The van der Waals surface area contributed by atoms with Crippen LogP contribution >= 0.6 is 34.8 Å². The zero-order valence-corrected chi connectivity index (χ0v) is 20.3. The van der Waals surface area contributed by atoms with Crippen LogP contribution in [-0.2, 0) is 16.9 Å². The summed E-state index contributed by atoms with van der Waals surface area (Å²) in [5, 5.41) is 4.98. The molecule has 2 aromatic carbocycles. The summed E-state index contributed by atoms with van der Waals surface area (Å²) in [5.41, 5.74) is 0.752. The molecule has 3 amide bonds. The van der Waals surface area contributed by atoms with Crippen molar-refractivity contribution in [3.8, 4) is 0 Å². The lowest BCUT2D eigenvalue weighted by molar-refractivity contribution is -0.134. The fraction of sp³-hybridized carbons (Fsp3) is 0.417. The predicted molar refractivity (Wildman–Crippen MR) is 129 cm³/mol. The van der Waals surface area contributed by atoms with Gasteiger partial charge in [-0.2, -0.15) is 0 Å². The Bertz CT molecular complexity index is 1050. The highest BCUT2D eigenvalue weighted by molar-refractivity contribution is 6.36. The summed E-state index contributed by atoms with van der Waals surface area (Å²) in [5.74, 6) is -0.0417. The Hall–Kier alpha value is -1.83. The monoisotopic (exact) mass is 506 g/mol. The number of imide groups is 1. The summed E-state index contributed by atoms with van der Waals surface area (Å²) in [6.45, 7) is 4.06. The Labute approximate surface area is 208 Å². The van der Waals surface area contributed by atoms with E-state index in [2.05, 4.69) is 15.1 Å². The number of benzene rings is 2. The molecule has 2 heterocycles. The molecule has 0 aromatic heterocycles. The number of hydrogen-bond donors (Lipinski definition) is 1. The van der Waals surface area contributed by atoms with E-state index in [0.29, 0.717) is 21.6 Å². The van der Waals surface area contributed by atoms with E-state index < -0.39 is 5.54 Å². The summed E-state index contributed by atoms with van der Waals surface area (Å²) < 4.78 is 0. The second-order valence-electron chi connectivity index (χ2n) is 8.99. The van der Waals surface area contributed by atoms with Gasteiger partial charge in [0.05, 0.1) is 6.67 Å². The predicted octanol–water partition coefficient (Wildman–Crippen LogP) is 4.58. The molecule has 0 radical (unpaired) electrons. The van der Waals surface area contributed by atoms with Gasteiger partial charge in [-0.25, -0.2) is 9.69 Å². The maximum absolute atomic E-state index is 13.6. The van der Waals surface area contributed by atoms with E-state index in [-0.39, 0.29) is 24.5 Å². The van der Waals surface area contributed by atoms with E-state index in [9.17, 15) is 9.59 Å². The molecule has 3 fully saturated rings.